The van der Waals surface area contributed by atoms with Gasteiger partial charge in [0.25, 0.3) is 0 Å². The van der Waals surface area contributed by atoms with Gasteiger partial charge in [0.15, 0.2) is 0 Å². The van der Waals surface area contributed by atoms with Crippen LogP contribution in [0.3, 0.4) is 0 Å². The number of hydrogen-bond acceptors (Lipinski definition) is 0. The fourth-order valence-electron chi connectivity index (χ4n) is 2.99. The Labute approximate surface area is 159 Å². The number of aryl methyl sites for hydroxylation is 1. The van der Waals surface area contributed by atoms with Crippen LogP contribution in [0.25, 0.3) is 11.6 Å². The summed E-state index contributed by atoms with van der Waals surface area (Å²) < 4.78 is 0. The Morgan fingerprint density at radius 2 is 1.32 bits per heavy atom. The van der Waals surface area contributed by atoms with Crippen LogP contribution in [0.4, 0.5) is 0 Å². The van der Waals surface area contributed by atoms with Crippen molar-refractivity contribution in [2.45, 2.75) is 20.3 Å². The van der Waals surface area contributed by atoms with Crippen LogP contribution < -0.4 is 0 Å². The summed E-state index contributed by atoms with van der Waals surface area (Å²) >= 11 is 12.1. The quantitative estimate of drug-likeness (QED) is 0.420. The molecular weight excluding hydrogens is 347 g/mol. The van der Waals surface area contributed by atoms with Crippen LogP contribution in [0, 0.1) is 6.92 Å². The average molecular weight is 367 g/mol. The molecular formula is C23H20Cl2. The molecule has 0 nitrogen and oxygen atoms in total. The van der Waals surface area contributed by atoms with E-state index in [4.69, 9.17) is 23.2 Å². The van der Waals surface area contributed by atoms with Crippen molar-refractivity contribution in [3.8, 4) is 0 Å². The minimum Gasteiger partial charge on any atom is -0.0843 e. The van der Waals surface area contributed by atoms with Crippen molar-refractivity contribution in [3.63, 3.8) is 0 Å². The summed E-state index contributed by atoms with van der Waals surface area (Å²) in [4.78, 5) is 0. The molecule has 0 N–H and O–H groups in total. The summed E-state index contributed by atoms with van der Waals surface area (Å²) in [6.45, 7) is 4.38. The third kappa shape index (κ3) is 4.15. The van der Waals surface area contributed by atoms with Gasteiger partial charge in [0.05, 0.1) is 0 Å². The van der Waals surface area contributed by atoms with Gasteiger partial charge in [-0.3, -0.25) is 0 Å². The van der Waals surface area contributed by atoms with E-state index in [2.05, 4.69) is 62.4 Å². The molecule has 2 heteroatoms. The summed E-state index contributed by atoms with van der Waals surface area (Å²) in [7, 11) is 0. The van der Waals surface area contributed by atoms with Gasteiger partial charge in [0.1, 0.15) is 0 Å². The fraction of sp³-hybridized carbons (Fsp3) is 0.130. The monoisotopic (exact) mass is 366 g/mol. The van der Waals surface area contributed by atoms with E-state index >= 15 is 0 Å². The van der Waals surface area contributed by atoms with Crippen molar-refractivity contribution in [2.75, 3.05) is 0 Å². The highest BCUT2D eigenvalue weighted by Crippen LogP contribution is 2.29. The van der Waals surface area contributed by atoms with E-state index in [1.54, 1.807) is 0 Å². The van der Waals surface area contributed by atoms with Crippen molar-refractivity contribution in [1.29, 1.82) is 0 Å². The topological polar surface area (TPSA) is 0 Å². The summed E-state index contributed by atoms with van der Waals surface area (Å²) in [5.41, 5.74) is 7.36. The molecule has 0 radical (unpaired) electrons. The molecule has 3 aromatic rings. The number of benzene rings is 3. The van der Waals surface area contributed by atoms with E-state index in [9.17, 15) is 0 Å². The zero-order valence-electron chi connectivity index (χ0n) is 14.4. The maximum absolute atomic E-state index is 6.07. The fourth-order valence-corrected chi connectivity index (χ4v) is 3.24. The number of rotatable bonds is 4. The molecule has 0 fully saturated rings. The molecule has 0 amide bonds. The second kappa shape index (κ2) is 7.91. The lowest BCUT2D eigenvalue weighted by molar-refractivity contribution is 1.11. The first-order valence-electron chi connectivity index (χ1n) is 8.40. The molecule has 3 aromatic carbocycles. The van der Waals surface area contributed by atoms with Crippen LogP contribution in [-0.4, -0.2) is 0 Å². The van der Waals surface area contributed by atoms with Gasteiger partial charge in [-0.1, -0.05) is 72.6 Å². The summed E-state index contributed by atoms with van der Waals surface area (Å²) in [5, 5.41) is 1.48. The first-order valence-corrected chi connectivity index (χ1v) is 9.16. The van der Waals surface area contributed by atoms with E-state index in [0.29, 0.717) is 0 Å². The van der Waals surface area contributed by atoms with Gasteiger partial charge in [0.2, 0.25) is 0 Å². The van der Waals surface area contributed by atoms with E-state index < -0.39 is 0 Å². The maximum Gasteiger partial charge on any atom is 0.0406 e. The lowest BCUT2D eigenvalue weighted by Gasteiger charge is -2.12. The molecule has 0 aliphatic carbocycles. The van der Waals surface area contributed by atoms with Gasteiger partial charge in [0, 0.05) is 10.0 Å². The minimum absolute atomic E-state index is 0.739. The molecule has 0 bridgehead atoms. The standard InChI is InChI=1S/C23H20Cl2/c1-3-17-5-4-6-20(16(17)2)15-23(18-7-11-21(24)12-8-18)19-9-13-22(25)14-10-19/h4-15H,3H2,1-2H3. The average Bonchev–Trinajstić information content (AvgIpc) is 2.63. The van der Waals surface area contributed by atoms with E-state index in [1.807, 2.05) is 24.3 Å². The zero-order valence-corrected chi connectivity index (χ0v) is 15.9. The number of halogens is 2. The van der Waals surface area contributed by atoms with Crippen molar-refractivity contribution in [1.82, 2.24) is 0 Å². The van der Waals surface area contributed by atoms with E-state index in [1.165, 1.54) is 16.7 Å². The summed E-state index contributed by atoms with van der Waals surface area (Å²) in [6, 6.07) is 22.4. The van der Waals surface area contributed by atoms with Gasteiger partial charge >= 0.3 is 0 Å². The number of hydrogen-bond donors (Lipinski definition) is 0. The predicted molar refractivity (Wildman–Crippen MR) is 110 cm³/mol. The normalized spacial score (nSPS) is 10.6. The van der Waals surface area contributed by atoms with Crippen molar-refractivity contribution in [2.24, 2.45) is 0 Å². The Balaban J connectivity index is 2.17. The second-order valence-electron chi connectivity index (χ2n) is 6.06. The molecule has 0 aromatic heterocycles. The molecule has 25 heavy (non-hydrogen) atoms. The SMILES string of the molecule is CCc1cccc(C=C(c2ccc(Cl)cc2)c2ccc(Cl)cc2)c1C. The van der Waals surface area contributed by atoms with Crippen LogP contribution in [0.2, 0.25) is 10.0 Å². The highest BCUT2D eigenvalue weighted by atomic mass is 35.5. The van der Waals surface area contributed by atoms with Crippen LogP contribution >= 0.6 is 23.2 Å². The lowest BCUT2D eigenvalue weighted by atomic mass is 9.93. The predicted octanol–water partition coefficient (Wildman–Crippen LogP) is 7.45. The largest absolute Gasteiger partial charge is 0.0843 e. The third-order valence-electron chi connectivity index (χ3n) is 4.48. The van der Waals surface area contributed by atoms with Crippen molar-refractivity contribution < 1.29 is 0 Å². The molecule has 126 valence electrons. The molecule has 0 atom stereocenters. The van der Waals surface area contributed by atoms with Gasteiger partial charge in [-0.05, 0) is 77.1 Å². The highest BCUT2D eigenvalue weighted by molar-refractivity contribution is 6.31. The molecule has 0 unspecified atom stereocenters. The van der Waals surface area contributed by atoms with Gasteiger partial charge in [-0.15, -0.1) is 0 Å². The van der Waals surface area contributed by atoms with Gasteiger partial charge in [-0.2, -0.15) is 0 Å². The van der Waals surface area contributed by atoms with E-state index in [0.717, 1.165) is 33.2 Å². The van der Waals surface area contributed by atoms with Crippen LogP contribution in [-0.2, 0) is 6.42 Å². The zero-order chi connectivity index (χ0) is 17.8. The van der Waals surface area contributed by atoms with E-state index in [-0.39, 0.29) is 0 Å². The highest BCUT2D eigenvalue weighted by Gasteiger charge is 2.08. The Hall–Kier alpha value is -2.02. The minimum atomic E-state index is 0.739. The Morgan fingerprint density at radius 1 is 0.800 bits per heavy atom. The second-order valence-corrected chi connectivity index (χ2v) is 6.93. The van der Waals surface area contributed by atoms with Crippen LogP contribution in [0.5, 0.6) is 0 Å². The molecule has 0 aliphatic rings. The van der Waals surface area contributed by atoms with Crippen LogP contribution in [0.1, 0.15) is 34.7 Å². The molecule has 0 aliphatic heterocycles. The molecule has 0 spiro atoms. The summed E-state index contributed by atoms with van der Waals surface area (Å²) in [6.07, 6.45) is 3.28. The maximum atomic E-state index is 6.07. The van der Waals surface area contributed by atoms with Crippen molar-refractivity contribution >= 4 is 34.9 Å². The first-order chi connectivity index (χ1) is 12.1. The Morgan fingerprint density at radius 3 is 1.80 bits per heavy atom. The van der Waals surface area contributed by atoms with Crippen LogP contribution in [0.15, 0.2) is 66.7 Å². The Bertz CT molecular complexity index is 841. The Kier molecular flexibility index (Phi) is 5.63. The van der Waals surface area contributed by atoms with Gasteiger partial charge < -0.3 is 0 Å². The molecule has 0 heterocycles. The first kappa shape index (κ1) is 17.8. The molecule has 0 saturated heterocycles. The third-order valence-corrected chi connectivity index (χ3v) is 4.98. The lowest BCUT2D eigenvalue weighted by Crippen LogP contribution is -1.92. The van der Waals surface area contributed by atoms with Crippen molar-refractivity contribution in [3.05, 3.63) is 105 Å². The summed E-state index contributed by atoms with van der Waals surface area (Å²) in [5.74, 6) is 0. The smallest absolute Gasteiger partial charge is 0.0406 e. The molecule has 3 rings (SSSR count). The van der Waals surface area contributed by atoms with Gasteiger partial charge in [-0.25, -0.2) is 0 Å². The molecule has 0 saturated carbocycles.